The van der Waals surface area contributed by atoms with E-state index in [4.69, 9.17) is 18.9 Å². The molecule has 1 aromatic carbocycles. The summed E-state index contributed by atoms with van der Waals surface area (Å²) < 4.78 is 20.6. The summed E-state index contributed by atoms with van der Waals surface area (Å²) in [6, 6.07) is 0. The molecule has 1 heterocycles. The Morgan fingerprint density at radius 2 is 1.65 bits per heavy atom. The first-order valence-electron chi connectivity index (χ1n) is 5.01. The zero-order chi connectivity index (χ0) is 12.6. The van der Waals surface area contributed by atoms with Gasteiger partial charge >= 0.3 is 0 Å². The van der Waals surface area contributed by atoms with Crippen molar-refractivity contribution in [3.63, 3.8) is 0 Å². The van der Waals surface area contributed by atoms with Crippen LogP contribution in [0.5, 0.6) is 28.7 Å². The molecule has 0 saturated carbocycles. The molecular formula is C11H14O6. The molecule has 17 heavy (non-hydrogen) atoms. The lowest BCUT2D eigenvalue weighted by Crippen LogP contribution is -1.99. The number of fused-ring (bicyclic) bond motifs is 1. The number of aromatic hydroxyl groups is 1. The summed E-state index contributed by atoms with van der Waals surface area (Å²) >= 11 is 0. The number of rotatable bonds is 3. The summed E-state index contributed by atoms with van der Waals surface area (Å²) in [6.07, 6.45) is -0.904. The number of hydrogen-bond acceptors (Lipinski definition) is 6. The molecule has 1 aromatic rings. The van der Waals surface area contributed by atoms with Crippen LogP contribution < -0.4 is 18.9 Å². The van der Waals surface area contributed by atoms with Crippen molar-refractivity contribution in [2.24, 2.45) is 0 Å². The minimum Gasteiger partial charge on any atom is -0.504 e. The molecule has 0 saturated heterocycles. The Morgan fingerprint density at radius 3 is 2.18 bits per heavy atom. The van der Waals surface area contributed by atoms with Crippen LogP contribution in [0.1, 0.15) is 11.7 Å². The predicted octanol–water partition coefficient (Wildman–Crippen LogP) is 0.844. The molecule has 1 atom stereocenters. The van der Waals surface area contributed by atoms with Gasteiger partial charge in [-0.3, -0.25) is 0 Å². The summed E-state index contributed by atoms with van der Waals surface area (Å²) in [5.74, 6) is 0.752. The molecule has 2 N–H and O–H groups in total. The van der Waals surface area contributed by atoms with Gasteiger partial charge in [0.05, 0.1) is 26.9 Å². The Balaban J connectivity index is 2.76. The smallest absolute Gasteiger partial charge is 0.211 e. The second-order valence-electron chi connectivity index (χ2n) is 3.52. The van der Waals surface area contributed by atoms with Gasteiger partial charge in [0.1, 0.15) is 12.7 Å². The van der Waals surface area contributed by atoms with Crippen LogP contribution in [-0.4, -0.2) is 38.1 Å². The second kappa shape index (κ2) is 4.21. The average Bonchev–Trinajstić information content (AvgIpc) is 2.71. The van der Waals surface area contributed by atoms with Gasteiger partial charge in [-0.25, -0.2) is 0 Å². The van der Waals surface area contributed by atoms with E-state index in [1.54, 1.807) is 0 Å². The number of phenolic OH excluding ortho intramolecular Hbond substituents is 1. The average molecular weight is 242 g/mol. The zero-order valence-electron chi connectivity index (χ0n) is 9.81. The highest BCUT2D eigenvalue weighted by Crippen LogP contribution is 2.56. The van der Waals surface area contributed by atoms with E-state index in [2.05, 4.69) is 0 Å². The number of benzene rings is 1. The lowest BCUT2D eigenvalue weighted by Gasteiger charge is -2.17. The number of ether oxygens (including phenoxy) is 4. The largest absolute Gasteiger partial charge is 0.504 e. The number of aliphatic hydroxyl groups excluding tert-OH is 1. The maximum absolute atomic E-state index is 10.0. The minimum atomic E-state index is -0.904. The molecule has 1 unspecified atom stereocenters. The Labute approximate surface area is 98.3 Å². The minimum absolute atomic E-state index is 0.0651. The van der Waals surface area contributed by atoms with Crippen molar-refractivity contribution in [2.75, 3.05) is 27.9 Å². The van der Waals surface area contributed by atoms with Crippen molar-refractivity contribution in [3.05, 3.63) is 5.56 Å². The molecule has 0 aliphatic carbocycles. The fraction of sp³-hybridized carbons (Fsp3) is 0.455. The van der Waals surface area contributed by atoms with Crippen LogP contribution in [0.4, 0.5) is 0 Å². The highest BCUT2D eigenvalue weighted by molar-refractivity contribution is 5.71. The van der Waals surface area contributed by atoms with E-state index in [0.29, 0.717) is 5.75 Å². The highest BCUT2D eigenvalue weighted by atomic mass is 16.6. The van der Waals surface area contributed by atoms with Gasteiger partial charge in [-0.15, -0.1) is 0 Å². The molecule has 6 heteroatoms. The van der Waals surface area contributed by atoms with Gasteiger partial charge in [0, 0.05) is 0 Å². The van der Waals surface area contributed by atoms with Crippen LogP contribution in [0.2, 0.25) is 0 Å². The van der Waals surface area contributed by atoms with Crippen molar-refractivity contribution < 1.29 is 29.2 Å². The molecule has 1 aliphatic rings. The maximum atomic E-state index is 10.0. The van der Waals surface area contributed by atoms with E-state index in [9.17, 15) is 10.2 Å². The normalized spacial score (nSPS) is 17.3. The molecule has 6 nitrogen and oxygen atoms in total. The first kappa shape index (κ1) is 11.7. The summed E-state index contributed by atoms with van der Waals surface area (Å²) in [6.45, 7) is 0.0651. The molecule has 0 bridgehead atoms. The standard InChI is InChI=1S/C11H14O6/c1-14-9-7(13)6-5(12)4-17-8(6)10(15-2)11(9)16-3/h5,12-13H,4H2,1-3H3. The van der Waals surface area contributed by atoms with Crippen molar-refractivity contribution >= 4 is 0 Å². The Hall–Kier alpha value is -1.82. The molecular weight excluding hydrogens is 228 g/mol. The monoisotopic (exact) mass is 242 g/mol. The number of hydrogen-bond donors (Lipinski definition) is 2. The van der Waals surface area contributed by atoms with Crippen molar-refractivity contribution in [2.45, 2.75) is 6.10 Å². The Bertz CT molecular complexity index is 439. The first-order chi connectivity index (χ1) is 8.15. The van der Waals surface area contributed by atoms with Crippen LogP contribution in [0.25, 0.3) is 0 Å². The van der Waals surface area contributed by atoms with E-state index in [1.807, 2.05) is 0 Å². The van der Waals surface area contributed by atoms with Gasteiger partial charge in [-0.2, -0.15) is 0 Å². The Kier molecular flexibility index (Phi) is 2.89. The Morgan fingerprint density at radius 1 is 1.06 bits per heavy atom. The fourth-order valence-electron chi connectivity index (χ4n) is 1.92. The van der Waals surface area contributed by atoms with Crippen LogP contribution in [-0.2, 0) is 0 Å². The van der Waals surface area contributed by atoms with Crippen LogP contribution >= 0.6 is 0 Å². The maximum Gasteiger partial charge on any atom is 0.211 e. The van der Waals surface area contributed by atoms with Crippen molar-refractivity contribution in [3.8, 4) is 28.7 Å². The molecule has 0 amide bonds. The van der Waals surface area contributed by atoms with Crippen LogP contribution in [0, 0.1) is 0 Å². The summed E-state index contributed by atoms with van der Waals surface area (Å²) in [7, 11) is 4.27. The van der Waals surface area contributed by atoms with Gasteiger partial charge in [0.2, 0.25) is 17.2 Å². The molecule has 94 valence electrons. The van der Waals surface area contributed by atoms with Gasteiger partial charge in [0.15, 0.2) is 11.5 Å². The van der Waals surface area contributed by atoms with Crippen molar-refractivity contribution in [1.29, 1.82) is 0 Å². The molecule has 0 aromatic heterocycles. The quantitative estimate of drug-likeness (QED) is 0.818. The van der Waals surface area contributed by atoms with Gasteiger partial charge < -0.3 is 29.2 Å². The SMILES string of the molecule is COc1c(O)c2c(c(OC)c1OC)OCC2O. The fourth-order valence-corrected chi connectivity index (χ4v) is 1.92. The topological polar surface area (TPSA) is 77.4 Å². The van der Waals surface area contributed by atoms with Gasteiger partial charge in [0.25, 0.3) is 0 Å². The van der Waals surface area contributed by atoms with Gasteiger partial charge in [-0.05, 0) is 0 Å². The van der Waals surface area contributed by atoms with Crippen LogP contribution in [0.3, 0.4) is 0 Å². The van der Waals surface area contributed by atoms with E-state index in [1.165, 1.54) is 21.3 Å². The predicted molar refractivity (Wildman–Crippen MR) is 58.2 cm³/mol. The third-order valence-corrected chi connectivity index (χ3v) is 2.66. The molecule has 2 rings (SSSR count). The number of phenols is 1. The third-order valence-electron chi connectivity index (χ3n) is 2.66. The third kappa shape index (κ3) is 1.52. The zero-order valence-corrected chi connectivity index (χ0v) is 9.81. The summed E-state index contributed by atoms with van der Waals surface area (Å²) in [4.78, 5) is 0. The molecule has 0 fully saturated rings. The van der Waals surface area contributed by atoms with E-state index in [-0.39, 0.29) is 35.2 Å². The molecule has 0 spiro atoms. The van der Waals surface area contributed by atoms with E-state index in [0.717, 1.165) is 0 Å². The van der Waals surface area contributed by atoms with E-state index < -0.39 is 6.10 Å². The number of methoxy groups -OCH3 is 3. The molecule has 0 radical (unpaired) electrons. The first-order valence-corrected chi connectivity index (χ1v) is 5.01. The highest BCUT2D eigenvalue weighted by Gasteiger charge is 2.35. The number of aliphatic hydroxyl groups is 1. The summed E-state index contributed by atoms with van der Waals surface area (Å²) in [5, 5.41) is 19.7. The second-order valence-corrected chi connectivity index (χ2v) is 3.52. The van der Waals surface area contributed by atoms with Gasteiger partial charge in [-0.1, -0.05) is 0 Å². The van der Waals surface area contributed by atoms with Crippen molar-refractivity contribution in [1.82, 2.24) is 0 Å². The lowest BCUT2D eigenvalue weighted by atomic mass is 10.1. The molecule has 1 aliphatic heterocycles. The van der Waals surface area contributed by atoms with E-state index >= 15 is 0 Å². The lowest BCUT2D eigenvalue weighted by molar-refractivity contribution is 0.138. The summed E-state index contributed by atoms with van der Waals surface area (Å²) in [5.41, 5.74) is 0.263. The van der Waals surface area contributed by atoms with Crippen LogP contribution in [0.15, 0.2) is 0 Å².